The van der Waals surface area contributed by atoms with E-state index in [1.807, 2.05) is 32.0 Å². The normalized spacial score (nSPS) is 19.8. The van der Waals surface area contributed by atoms with E-state index in [9.17, 15) is 9.90 Å². The molecule has 4 nitrogen and oxygen atoms in total. The average molecular weight is 248 g/mol. The molecular formula is C14H20N2O2. The van der Waals surface area contributed by atoms with Gasteiger partial charge in [0.2, 0.25) is 5.91 Å². The zero-order valence-corrected chi connectivity index (χ0v) is 10.9. The first kappa shape index (κ1) is 12.9. The molecule has 1 atom stereocenters. The number of amides is 1. The highest BCUT2D eigenvalue weighted by Crippen LogP contribution is 2.26. The van der Waals surface area contributed by atoms with Crippen molar-refractivity contribution in [3.63, 3.8) is 0 Å². The predicted molar refractivity (Wildman–Crippen MR) is 71.5 cm³/mol. The molecule has 0 bridgehead atoms. The molecule has 4 heteroatoms. The molecule has 0 aromatic heterocycles. The summed E-state index contributed by atoms with van der Waals surface area (Å²) in [5.74, 6) is 0.0771. The van der Waals surface area contributed by atoms with E-state index in [0.29, 0.717) is 6.54 Å². The molecule has 0 saturated carbocycles. The third-order valence-corrected chi connectivity index (χ3v) is 3.43. The molecular weight excluding hydrogens is 228 g/mol. The Morgan fingerprint density at radius 3 is 2.94 bits per heavy atom. The van der Waals surface area contributed by atoms with Crippen molar-refractivity contribution in [2.45, 2.75) is 32.9 Å². The predicted octanol–water partition coefficient (Wildman–Crippen LogP) is 1.20. The monoisotopic (exact) mass is 248 g/mol. The van der Waals surface area contributed by atoms with Gasteiger partial charge in [-0.2, -0.15) is 0 Å². The van der Waals surface area contributed by atoms with E-state index in [2.05, 4.69) is 10.2 Å². The number of hydrogen-bond donors (Lipinski definition) is 2. The summed E-state index contributed by atoms with van der Waals surface area (Å²) in [5.41, 5.74) is 2.99. The van der Waals surface area contributed by atoms with Crippen LogP contribution in [0.4, 0.5) is 5.69 Å². The lowest BCUT2D eigenvalue weighted by Crippen LogP contribution is -2.55. The third-order valence-electron chi connectivity index (χ3n) is 3.43. The van der Waals surface area contributed by atoms with Gasteiger partial charge in [0.15, 0.2) is 0 Å². The van der Waals surface area contributed by atoms with Crippen LogP contribution in [0.1, 0.15) is 24.5 Å². The maximum absolute atomic E-state index is 11.9. The Kier molecular flexibility index (Phi) is 3.87. The van der Waals surface area contributed by atoms with Gasteiger partial charge in [-0.05, 0) is 19.4 Å². The zero-order chi connectivity index (χ0) is 13.1. The number of piperazine rings is 1. The van der Waals surface area contributed by atoms with Crippen molar-refractivity contribution in [1.82, 2.24) is 5.32 Å². The summed E-state index contributed by atoms with van der Waals surface area (Å²) >= 11 is 0. The SMILES string of the molecule is CCC1C(=O)NCCN1c1ccc(C)cc1CO. The lowest BCUT2D eigenvalue weighted by atomic mass is 10.0. The lowest BCUT2D eigenvalue weighted by molar-refractivity contribution is -0.123. The Labute approximate surface area is 108 Å². The molecule has 98 valence electrons. The molecule has 1 fully saturated rings. The van der Waals surface area contributed by atoms with E-state index in [0.717, 1.165) is 29.8 Å². The minimum Gasteiger partial charge on any atom is -0.392 e. The fraction of sp³-hybridized carbons (Fsp3) is 0.500. The summed E-state index contributed by atoms with van der Waals surface area (Å²) in [5, 5.41) is 12.4. The van der Waals surface area contributed by atoms with E-state index >= 15 is 0 Å². The Morgan fingerprint density at radius 1 is 1.50 bits per heavy atom. The molecule has 2 N–H and O–H groups in total. The van der Waals surface area contributed by atoms with Gasteiger partial charge in [0, 0.05) is 24.3 Å². The van der Waals surface area contributed by atoms with Gasteiger partial charge in [0.05, 0.1) is 6.61 Å². The summed E-state index contributed by atoms with van der Waals surface area (Å²) in [4.78, 5) is 14.0. The summed E-state index contributed by atoms with van der Waals surface area (Å²) in [7, 11) is 0. The van der Waals surface area contributed by atoms with Crippen LogP contribution in [0.3, 0.4) is 0 Å². The summed E-state index contributed by atoms with van der Waals surface area (Å²) in [6, 6.07) is 5.87. The minimum absolute atomic E-state index is 0.00552. The van der Waals surface area contributed by atoms with E-state index in [-0.39, 0.29) is 18.6 Å². The fourth-order valence-electron chi connectivity index (χ4n) is 2.53. The molecule has 1 heterocycles. The second-order valence-electron chi connectivity index (χ2n) is 4.70. The maximum atomic E-state index is 11.9. The minimum atomic E-state index is -0.133. The molecule has 1 aromatic carbocycles. The van der Waals surface area contributed by atoms with Crippen molar-refractivity contribution in [3.05, 3.63) is 29.3 Å². The van der Waals surface area contributed by atoms with Crippen LogP contribution in [-0.2, 0) is 11.4 Å². The average Bonchev–Trinajstić information content (AvgIpc) is 2.38. The van der Waals surface area contributed by atoms with E-state index < -0.39 is 0 Å². The number of carbonyl (C=O) groups excluding carboxylic acids is 1. The Hall–Kier alpha value is -1.55. The summed E-state index contributed by atoms with van der Waals surface area (Å²) < 4.78 is 0. The third kappa shape index (κ3) is 2.34. The molecule has 0 spiro atoms. The van der Waals surface area contributed by atoms with Gasteiger partial charge >= 0.3 is 0 Å². The largest absolute Gasteiger partial charge is 0.392 e. The number of rotatable bonds is 3. The van der Waals surface area contributed by atoms with Gasteiger partial charge in [-0.3, -0.25) is 4.79 Å². The number of nitrogens with one attached hydrogen (secondary N) is 1. The highest BCUT2D eigenvalue weighted by molar-refractivity contribution is 5.86. The molecule has 0 aliphatic carbocycles. The standard InChI is InChI=1S/C14H20N2O2/c1-3-12-14(18)15-6-7-16(12)13-5-4-10(2)8-11(13)9-17/h4-5,8,12,17H,3,6-7,9H2,1-2H3,(H,15,18). The van der Waals surface area contributed by atoms with Crippen LogP contribution >= 0.6 is 0 Å². The zero-order valence-electron chi connectivity index (χ0n) is 10.9. The van der Waals surface area contributed by atoms with Crippen LogP contribution in [0, 0.1) is 6.92 Å². The maximum Gasteiger partial charge on any atom is 0.242 e. The van der Waals surface area contributed by atoms with Crippen molar-refractivity contribution >= 4 is 11.6 Å². The van der Waals surface area contributed by atoms with Crippen LogP contribution in [0.15, 0.2) is 18.2 Å². The highest BCUT2D eigenvalue weighted by atomic mass is 16.3. The fourth-order valence-corrected chi connectivity index (χ4v) is 2.53. The first-order valence-electron chi connectivity index (χ1n) is 6.42. The number of benzene rings is 1. The van der Waals surface area contributed by atoms with Crippen LogP contribution in [-0.4, -0.2) is 30.1 Å². The van der Waals surface area contributed by atoms with Crippen LogP contribution in [0.25, 0.3) is 0 Å². The molecule has 0 radical (unpaired) electrons. The van der Waals surface area contributed by atoms with Gasteiger partial charge in [-0.15, -0.1) is 0 Å². The van der Waals surface area contributed by atoms with Gasteiger partial charge in [0.1, 0.15) is 6.04 Å². The summed E-state index contributed by atoms with van der Waals surface area (Å²) in [6.07, 6.45) is 0.768. The number of carbonyl (C=O) groups is 1. The molecule has 1 amide bonds. The second-order valence-corrected chi connectivity index (χ2v) is 4.70. The van der Waals surface area contributed by atoms with Crippen molar-refractivity contribution in [2.75, 3.05) is 18.0 Å². The van der Waals surface area contributed by atoms with Crippen LogP contribution in [0.2, 0.25) is 0 Å². The van der Waals surface area contributed by atoms with Crippen LogP contribution < -0.4 is 10.2 Å². The lowest BCUT2D eigenvalue weighted by Gasteiger charge is -2.37. The highest BCUT2D eigenvalue weighted by Gasteiger charge is 2.29. The molecule has 1 aliphatic rings. The number of aliphatic hydroxyl groups excluding tert-OH is 1. The van der Waals surface area contributed by atoms with Crippen molar-refractivity contribution in [2.24, 2.45) is 0 Å². The van der Waals surface area contributed by atoms with E-state index in [4.69, 9.17) is 0 Å². The van der Waals surface area contributed by atoms with Gasteiger partial charge < -0.3 is 15.3 Å². The number of hydrogen-bond acceptors (Lipinski definition) is 3. The van der Waals surface area contributed by atoms with Crippen molar-refractivity contribution < 1.29 is 9.90 Å². The Bertz CT molecular complexity index is 445. The number of aryl methyl sites for hydroxylation is 1. The van der Waals surface area contributed by atoms with E-state index in [1.165, 1.54) is 0 Å². The molecule has 2 rings (SSSR count). The first-order valence-corrected chi connectivity index (χ1v) is 6.42. The number of anilines is 1. The van der Waals surface area contributed by atoms with Gasteiger partial charge in [-0.1, -0.05) is 24.6 Å². The van der Waals surface area contributed by atoms with Gasteiger partial charge in [0.25, 0.3) is 0 Å². The second kappa shape index (κ2) is 5.40. The molecule has 18 heavy (non-hydrogen) atoms. The van der Waals surface area contributed by atoms with Crippen molar-refractivity contribution in [3.8, 4) is 0 Å². The molecule has 1 saturated heterocycles. The quantitative estimate of drug-likeness (QED) is 0.845. The van der Waals surface area contributed by atoms with Crippen LogP contribution in [0.5, 0.6) is 0 Å². The van der Waals surface area contributed by atoms with Gasteiger partial charge in [-0.25, -0.2) is 0 Å². The Balaban J connectivity index is 2.37. The number of nitrogens with zero attached hydrogens (tertiary/aromatic N) is 1. The van der Waals surface area contributed by atoms with Crippen molar-refractivity contribution in [1.29, 1.82) is 0 Å². The summed E-state index contributed by atoms with van der Waals surface area (Å²) in [6.45, 7) is 5.47. The molecule has 1 aliphatic heterocycles. The number of aliphatic hydroxyl groups is 1. The smallest absolute Gasteiger partial charge is 0.242 e. The molecule has 1 unspecified atom stereocenters. The first-order chi connectivity index (χ1) is 8.67. The Morgan fingerprint density at radius 2 is 2.28 bits per heavy atom. The topological polar surface area (TPSA) is 52.6 Å². The molecule has 1 aromatic rings. The van der Waals surface area contributed by atoms with E-state index in [1.54, 1.807) is 0 Å².